The van der Waals surface area contributed by atoms with E-state index in [0.717, 1.165) is 28.9 Å². The third kappa shape index (κ3) is 3.17. The van der Waals surface area contributed by atoms with Crippen LogP contribution in [0.2, 0.25) is 0 Å². The summed E-state index contributed by atoms with van der Waals surface area (Å²) in [7, 11) is 1.67. The first-order chi connectivity index (χ1) is 11.4. The summed E-state index contributed by atoms with van der Waals surface area (Å²) in [6.07, 6.45) is 0. The minimum Gasteiger partial charge on any atom is -0.497 e. The van der Waals surface area contributed by atoms with Crippen LogP contribution in [-0.2, 0) is 18.6 Å². The number of rotatable bonds is 4. The quantitative estimate of drug-likeness (QED) is 0.768. The van der Waals surface area contributed by atoms with Crippen molar-refractivity contribution in [1.82, 2.24) is 4.57 Å². The number of hydrogen-bond donors (Lipinski definition) is 1. The zero-order valence-corrected chi connectivity index (χ0v) is 14.8. The molecule has 3 rings (SSSR count). The summed E-state index contributed by atoms with van der Waals surface area (Å²) < 4.78 is 7.46. The van der Waals surface area contributed by atoms with Gasteiger partial charge in [-0.25, -0.2) is 0 Å². The minimum absolute atomic E-state index is 0.0249. The van der Waals surface area contributed by atoms with Gasteiger partial charge in [-0.3, -0.25) is 0 Å². The van der Waals surface area contributed by atoms with Gasteiger partial charge in [-0.15, -0.1) is 0 Å². The molecular weight excluding hydrogens is 298 g/mol. The van der Waals surface area contributed by atoms with Gasteiger partial charge in [-0.1, -0.05) is 45.0 Å². The second-order valence-corrected chi connectivity index (χ2v) is 7.25. The third-order valence-electron chi connectivity index (χ3n) is 4.52. The number of hydrogen-bond acceptors (Lipinski definition) is 2. The largest absolute Gasteiger partial charge is 0.497 e. The van der Waals surface area contributed by atoms with Crippen molar-refractivity contribution in [1.29, 1.82) is 0 Å². The van der Waals surface area contributed by atoms with E-state index in [4.69, 9.17) is 4.74 Å². The van der Waals surface area contributed by atoms with Gasteiger partial charge in [0.1, 0.15) is 5.75 Å². The van der Waals surface area contributed by atoms with Gasteiger partial charge in [0.2, 0.25) is 0 Å². The number of fused-ring (bicyclic) bond motifs is 1. The molecular formula is C21H25NO2. The molecule has 0 amide bonds. The lowest BCUT2D eigenvalue weighted by atomic mass is 9.87. The van der Waals surface area contributed by atoms with Crippen molar-refractivity contribution in [2.75, 3.05) is 7.11 Å². The van der Waals surface area contributed by atoms with Crippen LogP contribution in [0.5, 0.6) is 5.75 Å². The number of benzene rings is 2. The normalized spacial score (nSPS) is 11.9. The topological polar surface area (TPSA) is 34.4 Å². The van der Waals surface area contributed by atoms with E-state index in [9.17, 15) is 5.11 Å². The van der Waals surface area contributed by atoms with Crippen LogP contribution in [0, 0.1) is 0 Å². The van der Waals surface area contributed by atoms with E-state index in [0.29, 0.717) is 0 Å². The van der Waals surface area contributed by atoms with E-state index in [1.165, 1.54) is 11.1 Å². The van der Waals surface area contributed by atoms with Crippen molar-refractivity contribution in [3.63, 3.8) is 0 Å². The van der Waals surface area contributed by atoms with Gasteiger partial charge in [-0.2, -0.15) is 0 Å². The lowest BCUT2D eigenvalue weighted by molar-refractivity contribution is 0.272. The summed E-state index contributed by atoms with van der Waals surface area (Å²) in [5.41, 5.74) is 4.74. The average Bonchev–Trinajstić information content (AvgIpc) is 2.91. The number of methoxy groups -OCH3 is 1. The monoisotopic (exact) mass is 323 g/mol. The van der Waals surface area contributed by atoms with Crippen LogP contribution >= 0.6 is 0 Å². The Morgan fingerprint density at radius 1 is 1.00 bits per heavy atom. The van der Waals surface area contributed by atoms with Crippen LogP contribution in [0.4, 0.5) is 0 Å². The Hall–Kier alpha value is -2.26. The summed E-state index contributed by atoms with van der Waals surface area (Å²) >= 11 is 0. The first-order valence-corrected chi connectivity index (χ1v) is 8.29. The molecule has 1 aromatic heterocycles. The van der Waals surface area contributed by atoms with Crippen molar-refractivity contribution < 1.29 is 9.84 Å². The molecule has 0 aliphatic heterocycles. The lowest BCUT2D eigenvalue weighted by Gasteiger charge is -2.19. The molecule has 0 aliphatic carbocycles. The molecule has 0 aliphatic rings. The van der Waals surface area contributed by atoms with Crippen LogP contribution in [-0.4, -0.2) is 16.8 Å². The molecule has 1 N–H and O–H groups in total. The van der Waals surface area contributed by atoms with E-state index in [1.54, 1.807) is 7.11 Å². The fraction of sp³-hybridized carbons (Fsp3) is 0.333. The van der Waals surface area contributed by atoms with E-state index in [2.05, 4.69) is 55.7 Å². The van der Waals surface area contributed by atoms with Crippen LogP contribution in [0.25, 0.3) is 10.9 Å². The first kappa shape index (κ1) is 16.6. The Morgan fingerprint density at radius 2 is 1.71 bits per heavy atom. The van der Waals surface area contributed by atoms with Gasteiger partial charge in [0, 0.05) is 23.1 Å². The number of nitrogens with zero attached hydrogens (tertiary/aromatic N) is 1. The molecule has 3 nitrogen and oxygen atoms in total. The summed E-state index contributed by atoms with van der Waals surface area (Å²) in [5.74, 6) is 0.832. The van der Waals surface area contributed by atoms with Crippen LogP contribution in [0.15, 0.2) is 48.5 Å². The van der Waals surface area contributed by atoms with Crippen LogP contribution in [0.3, 0.4) is 0 Å². The fourth-order valence-corrected chi connectivity index (χ4v) is 3.04. The van der Waals surface area contributed by atoms with Crippen molar-refractivity contribution in [3.05, 3.63) is 65.4 Å². The summed E-state index contributed by atoms with van der Waals surface area (Å²) in [6, 6.07) is 16.8. The highest BCUT2D eigenvalue weighted by Crippen LogP contribution is 2.27. The summed E-state index contributed by atoms with van der Waals surface area (Å²) in [5, 5.41) is 10.8. The first-order valence-electron chi connectivity index (χ1n) is 8.29. The molecule has 1 heterocycles. The molecule has 0 atom stereocenters. The maximum Gasteiger partial charge on any atom is 0.119 e. The molecule has 3 heteroatoms. The SMILES string of the molecule is COc1ccc2c(c1)cc(CO)n2Cc1ccc(C(C)(C)C)cc1. The van der Waals surface area contributed by atoms with Crippen LogP contribution < -0.4 is 4.74 Å². The number of aromatic nitrogens is 1. The molecule has 24 heavy (non-hydrogen) atoms. The third-order valence-corrected chi connectivity index (χ3v) is 4.52. The zero-order chi connectivity index (χ0) is 17.3. The molecule has 0 radical (unpaired) electrons. The van der Waals surface area contributed by atoms with Crippen LogP contribution in [0.1, 0.15) is 37.6 Å². The molecule has 126 valence electrons. The lowest BCUT2D eigenvalue weighted by Crippen LogP contribution is -2.11. The Labute approximate surface area is 143 Å². The van der Waals surface area contributed by atoms with Gasteiger partial charge in [0.25, 0.3) is 0 Å². The predicted octanol–water partition coefficient (Wildman–Crippen LogP) is 4.49. The molecule has 0 saturated carbocycles. The van der Waals surface area contributed by atoms with Gasteiger partial charge < -0.3 is 14.4 Å². The fourth-order valence-electron chi connectivity index (χ4n) is 3.04. The molecule has 0 bridgehead atoms. The van der Waals surface area contributed by atoms with Crippen molar-refractivity contribution in [2.24, 2.45) is 0 Å². The Morgan fingerprint density at radius 3 is 2.29 bits per heavy atom. The van der Waals surface area contributed by atoms with Gasteiger partial charge in [-0.05, 0) is 40.8 Å². The molecule has 0 unspecified atom stereocenters. The highest BCUT2D eigenvalue weighted by Gasteiger charge is 2.14. The highest BCUT2D eigenvalue weighted by atomic mass is 16.5. The number of ether oxygens (including phenoxy) is 1. The van der Waals surface area contributed by atoms with Crippen molar-refractivity contribution in [3.8, 4) is 5.75 Å². The standard InChI is InChI=1S/C21H25NO2/c1-21(2,3)17-7-5-15(6-8-17)13-22-18(14-23)11-16-12-19(24-4)9-10-20(16)22/h5-12,23H,13-14H2,1-4H3. The smallest absolute Gasteiger partial charge is 0.119 e. The highest BCUT2D eigenvalue weighted by molar-refractivity contribution is 5.83. The van der Waals surface area contributed by atoms with Gasteiger partial charge in [0.05, 0.1) is 13.7 Å². The number of aliphatic hydroxyl groups is 1. The summed E-state index contributed by atoms with van der Waals surface area (Å²) in [4.78, 5) is 0. The Bertz CT molecular complexity index is 839. The maximum absolute atomic E-state index is 9.72. The van der Waals surface area contributed by atoms with E-state index >= 15 is 0 Å². The molecule has 0 spiro atoms. The molecule has 0 saturated heterocycles. The summed E-state index contributed by atoms with van der Waals surface area (Å²) in [6.45, 7) is 7.43. The Balaban J connectivity index is 1.97. The Kier molecular flexibility index (Phi) is 4.37. The average molecular weight is 323 g/mol. The number of aliphatic hydroxyl groups excluding tert-OH is 1. The minimum atomic E-state index is 0.0249. The molecule has 2 aromatic carbocycles. The van der Waals surface area contributed by atoms with Gasteiger partial charge in [0.15, 0.2) is 0 Å². The molecule has 3 aromatic rings. The second kappa shape index (κ2) is 6.33. The zero-order valence-electron chi connectivity index (χ0n) is 14.8. The van der Waals surface area contributed by atoms with E-state index in [-0.39, 0.29) is 12.0 Å². The predicted molar refractivity (Wildman–Crippen MR) is 98.7 cm³/mol. The van der Waals surface area contributed by atoms with Crippen molar-refractivity contribution in [2.45, 2.75) is 39.3 Å². The van der Waals surface area contributed by atoms with E-state index in [1.807, 2.05) is 18.2 Å². The molecule has 0 fully saturated rings. The maximum atomic E-state index is 9.72. The van der Waals surface area contributed by atoms with Crippen molar-refractivity contribution >= 4 is 10.9 Å². The second-order valence-electron chi connectivity index (χ2n) is 7.25. The van der Waals surface area contributed by atoms with Gasteiger partial charge >= 0.3 is 0 Å². The van der Waals surface area contributed by atoms with E-state index < -0.39 is 0 Å².